The zero-order chi connectivity index (χ0) is 11.0. The fraction of sp³-hybridized carbons (Fsp3) is 1.00. The van der Waals surface area contributed by atoms with E-state index < -0.39 is 0 Å². The maximum atomic E-state index is 5.95. The van der Waals surface area contributed by atoms with Crippen molar-refractivity contribution < 1.29 is 9.47 Å². The van der Waals surface area contributed by atoms with Gasteiger partial charge in [0.1, 0.15) is 0 Å². The van der Waals surface area contributed by atoms with Gasteiger partial charge < -0.3 is 15.2 Å². The van der Waals surface area contributed by atoms with Crippen LogP contribution in [0.25, 0.3) is 0 Å². The number of hydrogen-bond donors (Lipinski definition) is 1. The molecule has 0 aliphatic heterocycles. The van der Waals surface area contributed by atoms with Gasteiger partial charge in [0.05, 0.1) is 18.8 Å². The van der Waals surface area contributed by atoms with Crippen molar-refractivity contribution in [2.75, 3.05) is 26.4 Å². The summed E-state index contributed by atoms with van der Waals surface area (Å²) < 4.78 is 11.2. The molecule has 0 aromatic rings. The second-order valence-corrected chi connectivity index (χ2v) is 4.35. The first-order valence-electron chi connectivity index (χ1n) is 6.25. The molecule has 1 rings (SSSR count). The number of ether oxygens (including phenoxy) is 2. The fourth-order valence-corrected chi connectivity index (χ4v) is 2.24. The zero-order valence-corrected chi connectivity index (χ0v) is 9.96. The second-order valence-electron chi connectivity index (χ2n) is 4.35. The second kappa shape index (κ2) is 7.20. The highest BCUT2D eigenvalue weighted by Gasteiger charge is 2.29. The largest absolute Gasteiger partial charge is 0.379 e. The first kappa shape index (κ1) is 12.9. The Bertz CT molecular complexity index is 154. The maximum Gasteiger partial charge on any atom is 0.0805 e. The molecule has 0 saturated heterocycles. The minimum Gasteiger partial charge on any atom is -0.379 e. The van der Waals surface area contributed by atoms with E-state index in [4.69, 9.17) is 15.2 Å². The van der Waals surface area contributed by atoms with Crippen molar-refractivity contribution >= 4 is 0 Å². The topological polar surface area (TPSA) is 44.5 Å². The monoisotopic (exact) mass is 215 g/mol. The van der Waals surface area contributed by atoms with E-state index in [1.807, 2.05) is 6.92 Å². The molecule has 90 valence electrons. The van der Waals surface area contributed by atoms with Crippen LogP contribution in [0, 0.1) is 0 Å². The summed E-state index contributed by atoms with van der Waals surface area (Å²) >= 11 is 0. The van der Waals surface area contributed by atoms with Gasteiger partial charge in [-0.3, -0.25) is 0 Å². The molecule has 1 aliphatic rings. The first-order chi connectivity index (χ1) is 7.33. The molecule has 2 N–H and O–H groups in total. The van der Waals surface area contributed by atoms with Crippen LogP contribution in [0.1, 0.15) is 45.4 Å². The van der Waals surface area contributed by atoms with Gasteiger partial charge in [-0.15, -0.1) is 0 Å². The molecule has 0 unspecified atom stereocenters. The van der Waals surface area contributed by atoms with Gasteiger partial charge in [-0.05, 0) is 19.8 Å². The van der Waals surface area contributed by atoms with Gasteiger partial charge in [0.2, 0.25) is 0 Å². The van der Waals surface area contributed by atoms with E-state index in [0.717, 1.165) is 19.4 Å². The van der Waals surface area contributed by atoms with Crippen LogP contribution in [0.5, 0.6) is 0 Å². The number of rotatable bonds is 6. The van der Waals surface area contributed by atoms with Crippen molar-refractivity contribution in [3.05, 3.63) is 0 Å². The van der Waals surface area contributed by atoms with Crippen LogP contribution >= 0.6 is 0 Å². The average Bonchev–Trinajstić information content (AvgIpc) is 2.51. The fourth-order valence-electron chi connectivity index (χ4n) is 2.24. The molecule has 1 saturated carbocycles. The van der Waals surface area contributed by atoms with E-state index in [1.54, 1.807) is 0 Å². The predicted octanol–water partition coefficient (Wildman–Crippen LogP) is 2.09. The third-order valence-corrected chi connectivity index (χ3v) is 3.23. The zero-order valence-electron chi connectivity index (χ0n) is 9.96. The van der Waals surface area contributed by atoms with E-state index in [1.165, 1.54) is 25.7 Å². The van der Waals surface area contributed by atoms with E-state index in [0.29, 0.717) is 19.8 Å². The Kier molecular flexibility index (Phi) is 6.22. The summed E-state index contributed by atoms with van der Waals surface area (Å²) in [7, 11) is 0. The lowest BCUT2D eigenvalue weighted by molar-refractivity contribution is -0.0697. The summed E-state index contributed by atoms with van der Waals surface area (Å²) in [6.07, 6.45) is 7.41. The molecule has 0 bridgehead atoms. The minimum atomic E-state index is -0.0480. The standard InChI is InChI=1S/C12H25NO2/c1-2-14-9-10-15-12(11-13)7-5-3-4-6-8-12/h2-11,13H2,1H3. The summed E-state index contributed by atoms with van der Waals surface area (Å²) in [5, 5.41) is 0. The van der Waals surface area contributed by atoms with Crippen molar-refractivity contribution in [2.45, 2.75) is 51.0 Å². The van der Waals surface area contributed by atoms with E-state index in [9.17, 15) is 0 Å². The lowest BCUT2D eigenvalue weighted by Gasteiger charge is -2.31. The lowest BCUT2D eigenvalue weighted by atomic mass is 9.94. The van der Waals surface area contributed by atoms with Gasteiger partial charge in [0.15, 0.2) is 0 Å². The Labute approximate surface area is 93.3 Å². The number of hydrogen-bond acceptors (Lipinski definition) is 3. The molecule has 1 fully saturated rings. The molecule has 0 atom stereocenters. The average molecular weight is 215 g/mol. The van der Waals surface area contributed by atoms with Gasteiger partial charge in [-0.25, -0.2) is 0 Å². The Morgan fingerprint density at radius 3 is 2.27 bits per heavy atom. The lowest BCUT2D eigenvalue weighted by Crippen LogP contribution is -2.41. The molecule has 0 aromatic heterocycles. The first-order valence-corrected chi connectivity index (χ1v) is 6.25. The molecule has 0 amide bonds. The molecule has 0 aromatic carbocycles. The van der Waals surface area contributed by atoms with Crippen molar-refractivity contribution in [1.82, 2.24) is 0 Å². The minimum absolute atomic E-state index is 0.0480. The number of nitrogens with two attached hydrogens (primary N) is 1. The molecular formula is C12H25NO2. The molecule has 15 heavy (non-hydrogen) atoms. The van der Waals surface area contributed by atoms with Gasteiger partial charge >= 0.3 is 0 Å². The Balaban J connectivity index is 2.29. The molecule has 0 heterocycles. The quantitative estimate of drug-likeness (QED) is 0.545. The highest BCUT2D eigenvalue weighted by molar-refractivity contribution is 4.84. The Morgan fingerprint density at radius 1 is 1.07 bits per heavy atom. The normalized spacial score (nSPS) is 21.2. The van der Waals surface area contributed by atoms with Crippen LogP contribution in [0.2, 0.25) is 0 Å². The Morgan fingerprint density at radius 2 is 1.73 bits per heavy atom. The molecule has 0 spiro atoms. The van der Waals surface area contributed by atoms with Crippen LogP contribution < -0.4 is 5.73 Å². The third kappa shape index (κ3) is 4.49. The van der Waals surface area contributed by atoms with E-state index in [-0.39, 0.29) is 5.60 Å². The van der Waals surface area contributed by atoms with Gasteiger partial charge in [-0.2, -0.15) is 0 Å². The molecule has 3 nitrogen and oxygen atoms in total. The van der Waals surface area contributed by atoms with Crippen molar-refractivity contribution in [2.24, 2.45) is 5.73 Å². The highest BCUT2D eigenvalue weighted by Crippen LogP contribution is 2.29. The summed E-state index contributed by atoms with van der Waals surface area (Å²) in [5.41, 5.74) is 5.81. The molecule has 3 heteroatoms. The van der Waals surface area contributed by atoms with Crippen LogP contribution in [0.15, 0.2) is 0 Å². The Hall–Kier alpha value is -0.120. The smallest absolute Gasteiger partial charge is 0.0805 e. The summed E-state index contributed by atoms with van der Waals surface area (Å²) in [5.74, 6) is 0. The van der Waals surface area contributed by atoms with Crippen LogP contribution in [0.3, 0.4) is 0 Å². The summed E-state index contributed by atoms with van der Waals surface area (Å²) in [4.78, 5) is 0. The predicted molar refractivity (Wildman–Crippen MR) is 61.9 cm³/mol. The molecule has 0 radical (unpaired) electrons. The van der Waals surface area contributed by atoms with Crippen LogP contribution in [0.4, 0.5) is 0 Å². The van der Waals surface area contributed by atoms with Crippen LogP contribution in [-0.4, -0.2) is 32.0 Å². The van der Waals surface area contributed by atoms with E-state index >= 15 is 0 Å². The maximum absolute atomic E-state index is 5.95. The van der Waals surface area contributed by atoms with Gasteiger partial charge in [-0.1, -0.05) is 25.7 Å². The molecule has 1 aliphatic carbocycles. The van der Waals surface area contributed by atoms with Crippen molar-refractivity contribution in [3.8, 4) is 0 Å². The third-order valence-electron chi connectivity index (χ3n) is 3.23. The van der Waals surface area contributed by atoms with Crippen LogP contribution in [-0.2, 0) is 9.47 Å². The van der Waals surface area contributed by atoms with E-state index in [2.05, 4.69) is 0 Å². The van der Waals surface area contributed by atoms with Crippen molar-refractivity contribution in [1.29, 1.82) is 0 Å². The van der Waals surface area contributed by atoms with Gasteiger partial charge in [0.25, 0.3) is 0 Å². The summed E-state index contributed by atoms with van der Waals surface area (Å²) in [6, 6.07) is 0. The van der Waals surface area contributed by atoms with Gasteiger partial charge in [0, 0.05) is 13.2 Å². The highest BCUT2D eigenvalue weighted by atomic mass is 16.5. The van der Waals surface area contributed by atoms with Crippen molar-refractivity contribution in [3.63, 3.8) is 0 Å². The molecular weight excluding hydrogens is 190 g/mol. The summed E-state index contributed by atoms with van der Waals surface area (Å²) in [6.45, 7) is 4.80. The SMILES string of the molecule is CCOCCOC1(CN)CCCCCC1.